The molecule has 3 nitrogen and oxygen atoms in total. The van der Waals surface area contributed by atoms with Crippen molar-refractivity contribution in [2.24, 2.45) is 0 Å². The van der Waals surface area contributed by atoms with E-state index in [9.17, 15) is 0 Å². The molecule has 0 radical (unpaired) electrons. The topological polar surface area (TPSA) is 30.5 Å². The van der Waals surface area contributed by atoms with E-state index in [1.807, 2.05) is 7.05 Å². The summed E-state index contributed by atoms with van der Waals surface area (Å²) in [4.78, 5) is 0. The first-order valence-electron chi connectivity index (χ1n) is 7.27. The highest BCUT2D eigenvalue weighted by molar-refractivity contribution is 4.68. The van der Waals surface area contributed by atoms with Gasteiger partial charge in [-0.25, -0.2) is 0 Å². The van der Waals surface area contributed by atoms with Crippen LogP contribution in [-0.4, -0.2) is 32.6 Å². The molecule has 1 aliphatic heterocycles. The molecular weight excluding hydrogens is 214 g/mol. The summed E-state index contributed by atoms with van der Waals surface area (Å²) in [5.74, 6) is 0. The molecular formula is C14H29NO2. The maximum atomic E-state index is 5.48. The largest absolute Gasteiger partial charge is 0.350 e. The fourth-order valence-corrected chi connectivity index (χ4v) is 2.33. The lowest BCUT2D eigenvalue weighted by Crippen LogP contribution is -2.30. The average Bonchev–Trinajstić information content (AvgIpc) is 2.85. The van der Waals surface area contributed by atoms with E-state index in [1.165, 1.54) is 44.9 Å². The van der Waals surface area contributed by atoms with Crippen LogP contribution in [0, 0.1) is 0 Å². The van der Waals surface area contributed by atoms with E-state index in [0.717, 1.165) is 19.6 Å². The Labute approximate surface area is 106 Å². The Morgan fingerprint density at radius 3 is 2.35 bits per heavy atom. The van der Waals surface area contributed by atoms with Crippen molar-refractivity contribution in [2.75, 3.05) is 20.3 Å². The predicted molar refractivity (Wildman–Crippen MR) is 71.1 cm³/mol. The van der Waals surface area contributed by atoms with Crippen molar-refractivity contribution in [1.29, 1.82) is 0 Å². The molecule has 1 N–H and O–H groups in total. The molecule has 1 fully saturated rings. The maximum absolute atomic E-state index is 5.48. The molecule has 0 aliphatic carbocycles. The van der Waals surface area contributed by atoms with Crippen LogP contribution in [0.2, 0.25) is 0 Å². The van der Waals surface area contributed by atoms with E-state index >= 15 is 0 Å². The molecule has 102 valence electrons. The summed E-state index contributed by atoms with van der Waals surface area (Å²) < 4.78 is 11.0. The van der Waals surface area contributed by atoms with Crippen LogP contribution in [0.3, 0.4) is 0 Å². The van der Waals surface area contributed by atoms with Crippen LogP contribution in [0.5, 0.6) is 0 Å². The average molecular weight is 243 g/mol. The summed E-state index contributed by atoms with van der Waals surface area (Å²) >= 11 is 0. The number of rotatable bonds is 10. The van der Waals surface area contributed by atoms with Gasteiger partial charge in [-0.05, 0) is 13.5 Å². The smallest absolute Gasteiger partial charge is 0.159 e. The second-order valence-electron chi connectivity index (χ2n) is 4.95. The van der Waals surface area contributed by atoms with Gasteiger partial charge < -0.3 is 14.8 Å². The standard InChI is InChI=1S/C14H29NO2/c1-3-4-5-6-7-8-9-13(15-2)12-14-16-10-11-17-14/h13-15H,3-12H2,1-2H3. The molecule has 1 aliphatic rings. The van der Waals surface area contributed by atoms with Crippen molar-refractivity contribution < 1.29 is 9.47 Å². The summed E-state index contributed by atoms with van der Waals surface area (Å²) in [6.45, 7) is 3.79. The quantitative estimate of drug-likeness (QED) is 0.598. The van der Waals surface area contributed by atoms with Crippen molar-refractivity contribution >= 4 is 0 Å². The van der Waals surface area contributed by atoms with Gasteiger partial charge in [0.15, 0.2) is 6.29 Å². The number of nitrogens with one attached hydrogen (secondary N) is 1. The molecule has 17 heavy (non-hydrogen) atoms. The lowest BCUT2D eigenvalue weighted by atomic mass is 10.0. The van der Waals surface area contributed by atoms with Gasteiger partial charge in [0.2, 0.25) is 0 Å². The highest BCUT2D eigenvalue weighted by atomic mass is 16.7. The van der Waals surface area contributed by atoms with E-state index in [1.54, 1.807) is 0 Å². The lowest BCUT2D eigenvalue weighted by molar-refractivity contribution is -0.0528. The second kappa shape index (κ2) is 9.86. The molecule has 1 heterocycles. The third-order valence-electron chi connectivity index (χ3n) is 3.48. The number of unbranched alkanes of at least 4 members (excludes halogenated alkanes) is 5. The highest BCUT2D eigenvalue weighted by Gasteiger charge is 2.19. The molecule has 0 aromatic rings. The van der Waals surface area contributed by atoms with E-state index in [-0.39, 0.29) is 6.29 Å². The van der Waals surface area contributed by atoms with Crippen molar-refractivity contribution in [1.82, 2.24) is 5.32 Å². The molecule has 0 amide bonds. The van der Waals surface area contributed by atoms with Crippen LogP contribution in [-0.2, 0) is 9.47 Å². The van der Waals surface area contributed by atoms with E-state index in [4.69, 9.17) is 9.47 Å². The number of hydrogen-bond acceptors (Lipinski definition) is 3. The van der Waals surface area contributed by atoms with E-state index in [0.29, 0.717) is 6.04 Å². The van der Waals surface area contributed by atoms with Crippen molar-refractivity contribution in [3.05, 3.63) is 0 Å². The first-order chi connectivity index (χ1) is 8.36. The fourth-order valence-electron chi connectivity index (χ4n) is 2.33. The molecule has 0 aromatic heterocycles. The van der Waals surface area contributed by atoms with Crippen molar-refractivity contribution in [3.8, 4) is 0 Å². The summed E-state index contributed by atoms with van der Waals surface area (Å²) in [7, 11) is 2.04. The van der Waals surface area contributed by atoms with Crippen LogP contribution in [0.15, 0.2) is 0 Å². The Bertz CT molecular complexity index is 170. The van der Waals surface area contributed by atoms with Crippen molar-refractivity contribution in [2.45, 2.75) is 70.6 Å². The van der Waals surface area contributed by atoms with Crippen LogP contribution in [0.4, 0.5) is 0 Å². The Morgan fingerprint density at radius 2 is 1.71 bits per heavy atom. The number of ether oxygens (including phenoxy) is 2. The first kappa shape index (κ1) is 14.9. The highest BCUT2D eigenvalue weighted by Crippen LogP contribution is 2.15. The zero-order valence-electron chi connectivity index (χ0n) is 11.5. The monoisotopic (exact) mass is 243 g/mol. The minimum atomic E-state index is 0.0348. The molecule has 1 rings (SSSR count). The zero-order chi connectivity index (χ0) is 12.3. The summed E-state index contributed by atoms with van der Waals surface area (Å²) in [6, 6.07) is 0.546. The van der Waals surface area contributed by atoms with Gasteiger partial charge in [0.1, 0.15) is 0 Å². The molecule has 0 bridgehead atoms. The first-order valence-corrected chi connectivity index (χ1v) is 7.27. The lowest BCUT2D eigenvalue weighted by Gasteiger charge is -2.19. The van der Waals surface area contributed by atoms with Gasteiger partial charge in [-0.1, -0.05) is 45.4 Å². The Hall–Kier alpha value is -0.120. The zero-order valence-corrected chi connectivity index (χ0v) is 11.5. The number of hydrogen-bond donors (Lipinski definition) is 1. The SMILES string of the molecule is CCCCCCCCC(CC1OCCO1)NC. The molecule has 0 aromatic carbocycles. The van der Waals surface area contributed by atoms with Gasteiger partial charge in [-0.15, -0.1) is 0 Å². The van der Waals surface area contributed by atoms with Gasteiger partial charge >= 0.3 is 0 Å². The minimum Gasteiger partial charge on any atom is -0.350 e. The van der Waals surface area contributed by atoms with Crippen LogP contribution in [0.25, 0.3) is 0 Å². The van der Waals surface area contributed by atoms with E-state index in [2.05, 4.69) is 12.2 Å². The van der Waals surface area contributed by atoms with Crippen LogP contribution in [0.1, 0.15) is 58.3 Å². The molecule has 0 saturated carbocycles. The van der Waals surface area contributed by atoms with Gasteiger partial charge in [-0.3, -0.25) is 0 Å². The minimum absolute atomic E-state index is 0.0348. The maximum Gasteiger partial charge on any atom is 0.159 e. The van der Waals surface area contributed by atoms with E-state index < -0.39 is 0 Å². The third-order valence-corrected chi connectivity index (χ3v) is 3.48. The summed E-state index contributed by atoms with van der Waals surface area (Å²) in [6.07, 6.45) is 10.5. The van der Waals surface area contributed by atoms with Crippen molar-refractivity contribution in [3.63, 3.8) is 0 Å². The Balaban J connectivity index is 1.97. The van der Waals surface area contributed by atoms with Gasteiger partial charge in [0, 0.05) is 12.5 Å². The molecule has 1 atom stereocenters. The third kappa shape index (κ3) is 7.02. The van der Waals surface area contributed by atoms with Crippen LogP contribution >= 0.6 is 0 Å². The molecule has 3 heteroatoms. The van der Waals surface area contributed by atoms with Gasteiger partial charge in [0.05, 0.1) is 13.2 Å². The normalized spacial score (nSPS) is 18.7. The second-order valence-corrected chi connectivity index (χ2v) is 4.95. The molecule has 1 unspecified atom stereocenters. The van der Waals surface area contributed by atoms with Gasteiger partial charge in [-0.2, -0.15) is 0 Å². The van der Waals surface area contributed by atoms with Crippen LogP contribution < -0.4 is 5.32 Å². The molecule has 0 spiro atoms. The Morgan fingerprint density at radius 1 is 1.06 bits per heavy atom. The molecule has 1 saturated heterocycles. The van der Waals surface area contributed by atoms with Gasteiger partial charge in [0.25, 0.3) is 0 Å². The summed E-state index contributed by atoms with van der Waals surface area (Å²) in [5.41, 5.74) is 0. The Kier molecular flexibility index (Phi) is 8.67. The predicted octanol–water partition coefficient (Wildman–Crippen LogP) is 3.09. The fraction of sp³-hybridized carbons (Fsp3) is 1.00. The summed E-state index contributed by atoms with van der Waals surface area (Å²) in [5, 5.41) is 3.37.